The number of carbonyl (C=O) groups is 1. The van der Waals surface area contributed by atoms with Crippen LogP contribution in [0.4, 0.5) is 5.13 Å². The molecule has 3 rings (SSSR count). The van der Waals surface area contributed by atoms with Gasteiger partial charge in [-0.1, -0.05) is 22.9 Å². The van der Waals surface area contributed by atoms with Gasteiger partial charge in [-0.2, -0.15) is 5.10 Å². The highest BCUT2D eigenvalue weighted by Crippen LogP contribution is 2.15. The quantitative estimate of drug-likeness (QED) is 0.774. The average Bonchev–Trinajstić information content (AvgIpc) is 2.93. The number of anilines is 1. The lowest BCUT2D eigenvalue weighted by atomic mass is 10.2. The second-order valence-corrected chi connectivity index (χ2v) is 6.59. The number of hydrogen-bond acceptors (Lipinski definition) is 6. The van der Waals surface area contributed by atoms with Crippen molar-refractivity contribution in [2.45, 2.75) is 13.8 Å². The van der Waals surface area contributed by atoms with Gasteiger partial charge < -0.3 is 0 Å². The van der Waals surface area contributed by atoms with Crippen LogP contribution in [-0.2, 0) is 0 Å². The Morgan fingerprint density at radius 2 is 1.92 bits per heavy atom. The second kappa shape index (κ2) is 6.50. The molecule has 2 heterocycles. The van der Waals surface area contributed by atoms with Crippen molar-refractivity contribution >= 4 is 34.0 Å². The molecule has 0 radical (unpaired) electrons. The second-order valence-electron chi connectivity index (χ2n) is 4.97. The maximum Gasteiger partial charge on any atom is 0.282 e. The van der Waals surface area contributed by atoms with E-state index in [1.807, 2.05) is 0 Å². The molecule has 0 unspecified atom stereocenters. The van der Waals surface area contributed by atoms with Gasteiger partial charge in [-0.25, -0.2) is 4.68 Å². The Hall–Kier alpha value is -2.58. The molecule has 0 bridgehead atoms. The topological polar surface area (TPSA) is 89.8 Å². The van der Waals surface area contributed by atoms with Crippen LogP contribution in [-0.4, -0.2) is 25.9 Å². The van der Waals surface area contributed by atoms with Crippen molar-refractivity contribution in [2.24, 2.45) is 0 Å². The zero-order valence-electron chi connectivity index (χ0n) is 12.8. The van der Waals surface area contributed by atoms with Crippen LogP contribution >= 0.6 is 22.9 Å². The molecule has 0 saturated carbocycles. The van der Waals surface area contributed by atoms with Crippen LogP contribution in [0.5, 0.6) is 0 Å². The lowest BCUT2D eigenvalue weighted by Crippen LogP contribution is -2.26. The van der Waals surface area contributed by atoms with E-state index >= 15 is 0 Å². The molecule has 0 aliphatic rings. The number of benzene rings is 1. The summed E-state index contributed by atoms with van der Waals surface area (Å²) < 4.78 is 1.51. The minimum Gasteiger partial charge on any atom is -0.295 e. The van der Waals surface area contributed by atoms with Gasteiger partial charge >= 0.3 is 0 Å². The molecule has 1 amide bonds. The fraction of sp³-hybridized carbons (Fsp3) is 0.133. The Morgan fingerprint density at radius 3 is 2.54 bits per heavy atom. The van der Waals surface area contributed by atoms with E-state index in [-0.39, 0.29) is 5.69 Å². The molecular weight excluding hydrogens is 350 g/mol. The third-order valence-electron chi connectivity index (χ3n) is 3.14. The molecule has 0 aliphatic heterocycles. The highest BCUT2D eigenvalue weighted by atomic mass is 35.5. The van der Waals surface area contributed by atoms with Gasteiger partial charge in [0.25, 0.3) is 5.91 Å². The van der Waals surface area contributed by atoms with Crippen LogP contribution in [0.1, 0.15) is 21.2 Å². The molecule has 0 fully saturated rings. The monoisotopic (exact) mass is 361 g/mol. The van der Waals surface area contributed by atoms with Gasteiger partial charge in [0.15, 0.2) is 5.69 Å². The molecule has 24 heavy (non-hydrogen) atoms. The Balaban J connectivity index is 1.99. The van der Waals surface area contributed by atoms with E-state index in [9.17, 15) is 9.59 Å². The van der Waals surface area contributed by atoms with Crippen LogP contribution < -0.4 is 10.7 Å². The average molecular weight is 362 g/mol. The number of nitrogens with one attached hydrogen (secondary N) is 1. The third kappa shape index (κ3) is 3.34. The Kier molecular flexibility index (Phi) is 4.41. The van der Waals surface area contributed by atoms with Gasteiger partial charge in [0.05, 0.1) is 5.69 Å². The minimum absolute atomic E-state index is 0.219. The highest BCUT2D eigenvalue weighted by molar-refractivity contribution is 7.15. The Morgan fingerprint density at radius 1 is 1.21 bits per heavy atom. The molecule has 9 heteroatoms. The fourth-order valence-corrected chi connectivity index (χ4v) is 2.76. The lowest BCUT2D eigenvalue weighted by molar-refractivity contribution is 0.101. The number of aromatic nitrogens is 4. The first kappa shape index (κ1) is 16.3. The van der Waals surface area contributed by atoms with Crippen molar-refractivity contribution in [3.05, 3.63) is 62.0 Å². The van der Waals surface area contributed by atoms with Crippen LogP contribution in [0.15, 0.2) is 35.1 Å². The largest absolute Gasteiger partial charge is 0.295 e. The number of halogens is 1. The summed E-state index contributed by atoms with van der Waals surface area (Å²) in [7, 11) is 0. The van der Waals surface area contributed by atoms with E-state index in [1.54, 1.807) is 38.1 Å². The van der Waals surface area contributed by atoms with Crippen molar-refractivity contribution in [3.8, 4) is 5.69 Å². The van der Waals surface area contributed by atoms with Crippen LogP contribution in [0.25, 0.3) is 5.69 Å². The first-order chi connectivity index (χ1) is 11.4. The number of amides is 1. The predicted octanol–water partition coefficient (Wildman–Crippen LogP) is 2.61. The molecule has 1 aromatic carbocycles. The maximum atomic E-state index is 12.3. The predicted molar refractivity (Wildman–Crippen MR) is 92.2 cm³/mol. The molecule has 0 atom stereocenters. The van der Waals surface area contributed by atoms with Gasteiger partial charge in [0.2, 0.25) is 10.6 Å². The van der Waals surface area contributed by atoms with Gasteiger partial charge in [-0.3, -0.25) is 14.9 Å². The Labute approximate surface area is 145 Å². The van der Waals surface area contributed by atoms with Crippen LogP contribution in [0, 0.1) is 13.8 Å². The maximum absolute atomic E-state index is 12.3. The van der Waals surface area contributed by atoms with E-state index in [1.165, 1.54) is 22.1 Å². The zero-order chi connectivity index (χ0) is 17.3. The first-order valence-corrected chi connectivity index (χ1v) is 8.12. The summed E-state index contributed by atoms with van der Waals surface area (Å²) in [5, 5.41) is 15.9. The van der Waals surface area contributed by atoms with E-state index in [2.05, 4.69) is 20.6 Å². The summed E-state index contributed by atoms with van der Waals surface area (Å²) in [4.78, 5) is 24.4. The third-order valence-corrected chi connectivity index (χ3v) is 4.15. The van der Waals surface area contributed by atoms with E-state index in [0.717, 1.165) is 0 Å². The zero-order valence-corrected chi connectivity index (χ0v) is 14.4. The number of aryl methyl sites for hydroxylation is 2. The first-order valence-electron chi connectivity index (χ1n) is 6.92. The summed E-state index contributed by atoms with van der Waals surface area (Å²) in [5.41, 5.74) is 0.614. The molecule has 0 spiro atoms. The number of carbonyl (C=O) groups excluding carboxylic acids is 1. The lowest BCUT2D eigenvalue weighted by Gasteiger charge is -2.11. The summed E-state index contributed by atoms with van der Waals surface area (Å²) in [6.45, 7) is 3.50. The van der Waals surface area contributed by atoms with Gasteiger partial charge in [-0.15, -0.1) is 10.2 Å². The Bertz CT molecular complexity index is 965. The molecule has 3 aromatic rings. The van der Waals surface area contributed by atoms with Gasteiger partial charge in [0, 0.05) is 16.8 Å². The van der Waals surface area contributed by atoms with E-state index in [0.29, 0.717) is 26.5 Å². The van der Waals surface area contributed by atoms with Gasteiger partial charge in [-0.05, 0) is 38.1 Å². The van der Waals surface area contributed by atoms with Crippen molar-refractivity contribution in [3.63, 3.8) is 0 Å². The van der Waals surface area contributed by atoms with Crippen molar-refractivity contribution in [1.82, 2.24) is 20.0 Å². The summed E-state index contributed by atoms with van der Waals surface area (Å²) in [5.74, 6) is -0.626. The number of nitrogens with zero attached hydrogens (tertiary/aromatic N) is 4. The van der Waals surface area contributed by atoms with E-state index < -0.39 is 11.3 Å². The summed E-state index contributed by atoms with van der Waals surface area (Å²) in [6.07, 6.45) is 0. The normalized spacial score (nSPS) is 10.6. The molecule has 0 aliphatic carbocycles. The standard InChI is InChI=1S/C15H12ClN5O2S/c1-8-7-12(22)13(14(23)17-15-19-18-9(2)24-15)20-21(8)11-5-3-10(16)4-6-11/h3-7H,1-2H3,(H,17,19,23). The SMILES string of the molecule is Cc1nnc(NC(=O)c2nn(-c3ccc(Cl)cc3)c(C)cc2=O)s1. The van der Waals surface area contributed by atoms with Crippen molar-refractivity contribution < 1.29 is 4.79 Å². The van der Waals surface area contributed by atoms with Crippen molar-refractivity contribution in [2.75, 3.05) is 5.32 Å². The van der Waals surface area contributed by atoms with Crippen molar-refractivity contribution in [1.29, 1.82) is 0 Å². The number of hydrogen-bond donors (Lipinski definition) is 1. The fourth-order valence-electron chi connectivity index (χ4n) is 2.05. The smallest absolute Gasteiger partial charge is 0.282 e. The summed E-state index contributed by atoms with van der Waals surface area (Å²) in [6, 6.07) is 8.28. The molecule has 0 saturated heterocycles. The molecule has 7 nitrogen and oxygen atoms in total. The molecule has 1 N–H and O–H groups in total. The van der Waals surface area contributed by atoms with Crippen LogP contribution in [0.3, 0.4) is 0 Å². The van der Waals surface area contributed by atoms with Crippen LogP contribution in [0.2, 0.25) is 5.02 Å². The van der Waals surface area contributed by atoms with E-state index in [4.69, 9.17) is 11.6 Å². The summed E-state index contributed by atoms with van der Waals surface area (Å²) >= 11 is 7.10. The highest BCUT2D eigenvalue weighted by Gasteiger charge is 2.17. The molecular formula is C15H12ClN5O2S. The number of rotatable bonds is 3. The minimum atomic E-state index is -0.626. The van der Waals surface area contributed by atoms with Gasteiger partial charge in [0.1, 0.15) is 5.01 Å². The molecule has 2 aromatic heterocycles. The molecule has 122 valence electrons.